The van der Waals surface area contributed by atoms with Gasteiger partial charge in [-0.15, -0.1) is 0 Å². The minimum atomic E-state index is -0.0795. The molecule has 0 fully saturated rings. The Morgan fingerprint density at radius 1 is 0.833 bits per heavy atom. The van der Waals surface area contributed by atoms with Crippen LogP contribution in [-0.4, -0.2) is 29.9 Å². The topological polar surface area (TPSA) is 46.2 Å². The SMILES string of the molecule is CC(=O)[C@H](CS)NCCCCCCCCCCCCC(=O)C(C)C. The van der Waals surface area contributed by atoms with E-state index in [0.29, 0.717) is 11.5 Å². The van der Waals surface area contributed by atoms with Crippen molar-refractivity contribution in [3.05, 3.63) is 0 Å². The molecule has 0 aliphatic carbocycles. The number of Topliss-reactive ketones (excluding diaryl/α,β-unsaturated/α-hetero) is 2. The Bertz CT molecular complexity index is 332. The molecule has 1 N–H and O–H groups in total. The van der Waals surface area contributed by atoms with E-state index in [2.05, 4.69) is 17.9 Å². The Labute approximate surface area is 155 Å². The van der Waals surface area contributed by atoms with Crippen LogP contribution in [-0.2, 0) is 9.59 Å². The second kappa shape index (κ2) is 16.1. The number of hydrogen-bond donors (Lipinski definition) is 2. The van der Waals surface area contributed by atoms with Crippen LogP contribution in [0.1, 0.15) is 91.4 Å². The Morgan fingerprint density at radius 2 is 1.29 bits per heavy atom. The minimum Gasteiger partial charge on any atom is -0.307 e. The molecule has 0 saturated heterocycles. The highest BCUT2D eigenvalue weighted by Gasteiger charge is 2.09. The van der Waals surface area contributed by atoms with Gasteiger partial charge in [0.25, 0.3) is 0 Å². The van der Waals surface area contributed by atoms with E-state index in [9.17, 15) is 9.59 Å². The molecule has 1 atom stereocenters. The van der Waals surface area contributed by atoms with Crippen LogP contribution < -0.4 is 5.32 Å². The third-order valence-corrected chi connectivity index (χ3v) is 4.92. The number of unbranched alkanes of at least 4 members (excludes halogenated alkanes) is 9. The molecule has 0 amide bonds. The van der Waals surface area contributed by atoms with Crippen molar-refractivity contribution < 1.29 is 9.59 Å². The van der Waals surface area contributed by atoms with E-state index in [1.165, 1.54) is 51.4 Å². The van der Waals surface area contributed by atoms with Crippen molar-refractivity contribution in [3.63, 3.8) is 0 Å². The van der Waals surface area contributed by atoms with Crippen LogP contribution in [0.4, 0.5) is 0 Å². The van der Waals surface area contributed by atoms with Crippen molar-refractivity contribution in [2.75, 3.05) is 12.3 Å². The first-order valence-electron chi connectivity index (χ1n) is 9.86. The van der Waals surface area contributed by atoms with Gasteiger partial charge in [-0.25, -0.2) is 0 Å². The van der Waals surface area contributed by atoms with Crippen molar-refractivity contribution in [1.29, 1.82) is 0 Å². The summed E-state index contributed by atoms with van der Waals surface area (Å²) in [5, 5.41) is 3.26. The van der Waals surface area contributed by atoms with E-state index in [4.69, 9.17) is 0 Å². The predicted molar refractivity (Wildman–Crippen MR) is 107 cm³/mol. The fourth-order valence-corrected chi connectivity index (χ4v) is 3.13. The van der Waals surface area contributed by atoms with Crippen molar-refractivity contribution in [2.45, 2.75) is 97.4 Å². The molecule has 0 aromatic rings. The molecule has 0 aromatic carbocycles. The number of rotatable bonds is 17. The summed E-state index contributed by atoms with van der Waals surface area (Å²) in [4.78, 5) is 22.7. The largest absolute Gasteiger partial charge is 0.307 e. The zero-order chi connectivity index (χ0) is 18.2. The van der Waals surface area contributed by atoms with E-state index >= 15 is 0 Å². The highest BCUT2D eigenvalue weighted by atomic mass is 32.1. The molecule has 4 heteroatoms. The lowest BCUT2D eigenvalue weighted by molar-refractivity contribution is -0.122. The van der Waals surface area contributed by atoms with Gasteiger partial charge in [-0.05, 0) is 26.3 Å². The number of carbonyl (C=O) groups is 2. The number of nitrogens with one attached hydrogen (secondary N) is 1. The van der Waals surface area contributed by atoms with Crippen LogP contribution in [0.15, 0.2) is 0 Å². The highest BCUT2D eigenvalue weighted by molar-refractivity contribution is 7.80. The Hall–Kier alpha value is -0.350. The quantitative estimate of drug-likeness (QED) is 0.285. The molecule has 0 aromatic heterocycles. The van der Waals surface area contributed by atoms with Crippen LogP contribution in [0.2, 0.25) is 0 Å². The van der Waals surface area contributed by atoms with E-state index in [1.54, 1.807) is 6.92 Å². The number of ketones is 2. The van der Waals surface area contributed by atoms with Crippen molar-refractivity contribution in [3.8, 4) is 0 Å². The summed E-state index contributed by atoms with van der Waals surface area (Å²) in [6.45, 7) is 6.51. The normalized spacial score (nSPS) is 12.5. The van der Waals surface area contributed by atoms with Gasteiger partial charge in [0.05, 0.1) is 6.04 Å². The fraction of sp³-hybridized carbons (Fsp3) is 0.900. The van der Waals surface area contributed by atoms with Crippen LogP contribution in [0.25, 0.3) is 0 Å². The highest BCUT2D eigenvalue weighted by Crippen LogP contribution is 2.12. The molecule has 0 aliphatic rings. The van der Waals surface area contributed by atoms with Gasteiger partial charge >= 0.3 is 0 Å². The zero-order valence-electron chi connectivity index (χ0n) is 16.1. The molecule has 0 heterocycles. The lowest BCUT2D eigenvalue weighted by Crippen LogP contribution is -2.37. The number of hydrogen-bond acceptors (Lipinski definition) is 4. The first kappa shape index (κ1) is 23.6. The molecule has 142 valence electrons. The molecule has 0 bridgehead atoms. The van der Waals surface area contributed by atoms with E-state index in [-0.39, 0.29) is 17.7 Å². The van der Waals surface area contributed by atoms with E-state index in [1.807, 2.05) is 13.8 Å². The van der Waals surface area contributed by atoms with Gasteiger partial charge in [-0.2, -0.15) is 12.6 Å². The lowest BCUT2D eigenvalue weighted by Gasteiger charge is -2.12. The summed E-state index contributed by atoms with van der Waals surface area (Å²) in [5.74, 6) is 1.37. The van der Waals surface area contributed by atoms with E-state index in [0.717, 1.165) is 25.8 Å². The molecule has 0 rings (SSSR count). The van der Waals surface area contributed by atoms with Crippen LogP contribution in [0.3, 0.4) is 0 Å². The van der Waals surface area contributed by atoms with Gasteiger partial charge < -0.3 is 5.32 Å². The maximum Gasteiger partial charge on any atom is 0.147 e. The maximum absolute atomic E-state index is 11.5. The van der Waals surface area contributed by atoms with Crippen LogP contribution in [0, 0.1) is 5.92 Å². The molecular formula is C20H39NO2S. The Morgan fingerprint density at radius 3 is 1.71 bits per heavy atom. The third-order valence-electron chi connectivity index (χ3n) is 4.56. The third kappa shape index (κ3) is 14.0. The smallest absolute Gasteiger partial charge is 0.147 e. The average Bonchev–Trinajstić information content (AvgIpc) is 2.54. The first-order valence-corrected chi connectivity index (χ1v) is 10.5. The van der Waals surface area contributed by atoms with E-state index < -0.39 is 0 Å². The standard InChI is InChI=1S/C20H39NO2S/c1-17(2)20(23)14-12-10-8-6-4-5-7-9-11-13-15-21-19(16-24)18(3)22/h17,19,21,24H,4-16H2,1-3H3/t19-/m0/s1. The van der Waals surface area contributed by atoms with Gasteiger partial charge in [-0.3, -0.25) is 9.59 Å². The van der Waals surface area contributed by atoms with Crippen LogP contribution >= 0.6 is 12.6 Å². The second-order valence-electron chi connectivity index (χ2n) is 7.21. The summed E-state index contributed by atoms with van der Waals surface area (Å²) < 4.78 is 0. The van der Waals surface area contributed by atoms with Gasteiger partial charge in [-0.1, -0.05) is 65.2 Å². The van der Waals surface area contributed by atoms with Gasteiger partial charge in [0, 0.05) is 18.1 Å². The molecule has 0 aliphatic heterocycles. The number of carbonyl (C=O) groups excluding carboxylic acids is 2. The summed E-state index contributed by atoms with van der Waals surface area (Å²) in [5.41, 5.74) is 0. The molecule has 0 radical (unpaired) electrons. The van der Waals surface area contributed by atoms with Crippen molar-refractivity contribution >= 4 is 24.2 Å². The molecule has 0 spiro atoms. The van der Waals surface area contributed by atoms with Crippen molar-refractivity contribution in [1.82, 2.24) is 5.32 Å². The summed E-state index contributed by atoms with van der Waals surface area (Å²) in [6.07, 6.45) is 13.2. The molecule has 3 nitrogen and oxygen atoms in total. The lowest BCUT2D eigenvalue weighted by atomic mass is 10.0. The van der Waals surface area contributed by atoms with Gasteiger partial charge in [0.1, 0.15) is 11.6 Å². The Balaban J connectivity index is 3.23. The summed E-state index contributed by atoms with van der Waals surface area (Å²) in [7, 11) is 0. The predicted octanol–water partition coefficient (Wildman–Crippen LogP) is 4.98. The maximum atomic E-state index is 11.5. The second-order valence-corrected chi connectivity index (χ2v) is 7.57. The first-order chi connectivity index (χ1) is 11.5. The number of thiol groups is 1. The summed E-state index contributed by atoms with van der Waals surface area (Å²) in [6, 6.07) is -0.0795. The zero-order valence-corrected chi connectivity index (χ0v) is 17.0. The molecule has 0 unspecified atom stereocenters. The molecule has 0 saturated carbocycles. The minimum absolute atomic E-state index is 0.0795. The van der Waals surface area contributed by atoms with Crippen LogP contribution in [0.5, 0.6) is 0 Å². The summed E-state index contributed by atoms with van der Waals surface area (Å²) >= 11 is 4.19. The molecular weight excluding hydrogens is 318 g/mol. The monoisotopic (exact) mass is 357 g/mol. The van der Waals surface area contributed by atoms with Gasteiger partial charge in [0.15, 0.2) is 0 Å². The Kier molecular flexibility index (Phi) is 15.9. The molecule has 24 heavy (non-hydrogen) atoms. The van der Waals surface area contributed by atoms with Gasteiger partial charge in [0.2, 0.25) is 0 Å². The fourth-order valence-electron chi connectivity index (χ4n) is 2.74. The van der Waals surface area contributed by atoms with Crippen molar-refractivity contribution in [2.24, 2.45) is 5.92 Å². The average molecular weight is 358 g/mol.